The van der Waals surface area contributed by atoms with E-state index in [2.05, 4.69) is 18.3 Å². The van der Waals surface area contributed by atoms with E-state index < -0.39 is 10.0 Å². The molecule has 0 radical (unpaired) electrons. The maximum Gasteiger partial charge on any atom is 0.238 e. The van der Waals surface area contributed by atoms with Crippen molar-refractivity contribution in [3.05, 3.63) is 59.7 Å². The van der Waals surface area contributed by atoms with Gasteiger partial charge in [-0.3, -0.25) is 0 Å². The van der Waals surface area contributed by atoms with E-state index in [4.69, 9.17) is 9.88 Å². The number of nitrogens with one attached hydrogen (secondary N) is 1. The van der Waals surface area contributed by atoms with Crippen molar-refractivity contribution >= 4 is 10.0 Å². The van der Waals surface area contributed by atoms with Crippen molar-refractivity contribution < 1.29 is 13.2 Å². The number of nitrogens with two attached hydrogens (primary N) is 1. The molecule has 0 saturated heterocycles. The molecule has 0 atom stereocenters. The first-order valence-electron chi connectivity index (χ1n) is 8.04. The molecule has 3 N–H and O–H groups in total. The van der Waals surface area contributed by atoms with E-state index in [9.17, 15) is 8.42 Å². The van der Waals surface area contributed by atoms with Crippen LogP contribution in [0.2, 0.25) is 0 Å². The Kier molecular flexibility index (Phi) is 6.78. The van der Waals surface area contributed by atoms with Crippen molar-refractivity contribution in [2.45, 2.75) is 31.2 Å². The SMILES string of the molecule is CCCOc1ccccc1CNCCc1ccc(S(N)(=O)=O)cc1. The fourth-order valence-electron chi connectivity index (χ4n) is 2.30. The average Bonchev–Trinajstić information content (AvgIpc) is 2.57. The maximum absolute atomic E-state index is 11.2. The van der Waals surface area contributed by atoms with Crippen molar-refractivity contribution in [2.24, 2.45) is 5.14 Å². The summed E-state index contributed by atoms with van der Waals surface area (Å²) in [5.74, 6) is 0.921. The minimum absolute atomic E-state index is 0.140. The van der Waals surface area contributed by atoms with E-state index in [1.807, 2.05) is 18.2 Å². The zero-order valence-corrected chi connectivity index (χ0v) is 14.7. The van der Waals surface area contributed by atoms with Crippen molar-refractivity contribution in [1.29, 1.82) is 0 Å². The third-order valence-corrected chi connectivity index (χ3v) is 4.52. The minimum Gasteiger partial charge on any atom is -0.493 e. The number of ether oxygens (including phenoxy) is 1. The van der Waals surface area contributed by atoms with Crippen LogP contribution in [0.1, 0.15) is 24.5 Å². The molecule has 0 aliphatic heterocycles. The maximum atomic E-state index is 11.2. The van der Waals surface area contributed by atoms with E-state index >= 15 is 0 Å². The first-order chi connectivity index (χ1) is 11.5. The first-order valence-corrected chi connectivity index (χ1v) is 9.58. The highest BCUT2D eigenvalue weighted by Crippen LogP contribution is 2.18. The molecule has 0 spiro atoms. The molecule has 2 aromatic rings. The summed E-state index contributed by atoms with van der Waals surface area (Å²) < 4.78 is 28.2. The van der Waals surface area contributed by atoms with Gasteiger partial charge in [0.2, 0.25) is 10.0 Å². The second kappa shape index (κ2) is 8.82. The third-order valence-electron chi connectivity index (χ3n) is 3.59. The van der Waals surface area contributed by atoms with Crippen LogP contribution in [0.5, 0.6) is 5.75 Å². The van der Waals surface area contributed by atoms with Crippen LogP contribution in [0.15, 0.2) is 53.4 Å². The van der Waals surface area contributed by atoms with Gasteiger partial charge in [0.25, 0.3) is 0 Å². The Morgan fingerprint density at radius 2 is 1.79 bits per heavy atom. The van der Waals surface area contributed by atoms with Crippen LogP contribution in [-0.2, 0) is 23.0 Å². The lowest BCUT2D eigenvalue weighted by atomic mass is 10.1. The lowest BCUT2D eigenvalue weighted by Gasteiger charge is -2.11. The quantitative estimate of drug-likeness (QED) is 0.682. The Labute approximate surface area is 143 Å². The highest BCUT2D eigenvalue weighted by atomic mass is 32.2. The molecule has 0 saturated carbocycles. The van der Waals surface area contributed by atoms with Gasteiger partial charge in [0.1, 0.15) is 5.75 Å². The van der Waals surface area contributed by atoms with E-state index in [1.54, 1.807) is 24.3 Å². The molecule has 0 bridgehead atoms. The Morgan fingerprint density at radius 1 is 1.08 bits per heavy atom. The fourth-order valence-corrected chi connectivity index (χ4v) is 2.82. The summed E-state index contributed by atoms with van der Waals surface area (Å²) >= 11 is 0. The molecule has 2 rings (SSSR count). The molecule has 2 aromatic carbocycles. The standard InChI is InChI=1S/C18H24N2O3S/c1-2-13-23-18-6-4-3-5-16(18)14-20-12-11-15-7-9-17(10-8-15)24(19,21)22/h3-10,20H,2,11-14H2,1H3,(H2,19,21,22). The average molecular weight is 348 g/mol. The first kappa shape index (κ1) is 18.4. The van der Waals surface area contributed by atoms with Gasteiger partial charge in [-0.15, -0.1) is 0 Å². The number of sulfonamides is 1. The number of rotatable bonds is 9. The van der Waals surface area contributed by atoms with Gasteiger partial charge < -0.3 is 10.1 Å². The zero-order chi connectivity index (χ0) is 17.4. The van der Waals surface area contributed by atoms with Crippen molar-refractivity contribution in [3.63, 3.8) is 0 Å². The molecule has 0 aliphatic carbocycles. The predicted octanol–water partition coefficient (Wildman–Crippen LogP) is 2.46. The Balaban J connectivity index is 1.83. The van der Waals surface area contributed by atoms with Gasteiger partial charge >= 0.3 is 0 Å². The van der Waals surface area contributed by atoms with Gasteiger partial charge in [-0.05, 0) is 43.1 Å². The van der Waals surface area contributed by atoms with Gasteiger partial charge in [-0.2, -0.15) is 0 Å². The van der Waals surface area contributed by atoms with Crippen LogP contribution in [0.4, 0.5) is 0 Å². The minimum atomic E-state index is -3.62. The van der Waals surface area contributed by atoms with Gasteiger partial charge in [0, 0.05) is 12.1 Å². The number of hydrogen-bond donors (Lipinski definition) is 2. The van der Waals surface area contributed by atoms with E-state index in [-0.39, 0.29) is 4.90 Å². The largest absolute Gasteiger partial charge is 0.493 e. The second-order valence-electron chi connectivity index (χ2n) is 5.57. The lowest BCUT2D eigenvalue weighted by molar-refractivity contribution is 0.313. The summed E-state index contributed by atoms with van der Waals surface area (Å²) in [6.45, 7) is 4.32. The fraction of sp³-hybridized carbons (Fsp3) is 0.333. The molecular weight excluding hydrogens is 324 g/mol. The molecule has 0 amide bonds. The second-order valence-corrected chi connectivity index (χ2v) is 7.13. The number of para-hydroxylation sites is 1. The highest BCUT2D eigenvalue weighted by Gasteiger charge is 2.06. The van der Waals surface area contributed by atoms with Crippen LogP contribution >= 0.6 is 0 Å². The molecule has 0 fully saturated rings. The zero-order valence-electron chi connectivity index (χ0n) is 13.9. The van der Waals surface area contributed by atoms with Crippen LogP contribution in [-0.4, -0.2) is 21.6 Å². The number of primary sulfonamides is 1. The molecule has 0 unspecified atom stereocenters. The van der Waals surface area contributed by atoms with Crippen molar-refractivity contribution in [2.75, 3.05) is 13.2 Å². The van der Waals surface area contributed by atoms with E-state index in [0.717, 1.165) is 42.8 Å². The van der Waals surface area contributed by atoms with Crippen molar-refractivity contribution in [1.82, 2.24) is 5.32 Å². The van der Waals surface area contributed by atoms with Crippen molar-refractivity contribution in [3.8, 4) is 5.75 Å². The monoisotopic (exact) mass is 348 g/mol. The van der Waals surface area contributed by atoms with Gasteiger partial charge in [-0.25, -0.2) is 13.6 Å². The highest BCUT2D eigenvalue weighted by molar-refractivity contribution is 7.89. The van der Waals surface area contributed by atoms with Gasteiger partial charge in [-0.1, -0.05) is 37.3 Å². The van der Waals surface area contributed by atoms with Gasteiger partial charge in [0.05, 0.1) is 11.5 Å². The van der Waals surface area contributed by atoms with Crippen LogP contribution < -0.4 is 15.2 Å². The summed E-state index contributed by atoms with van der Waals surface area (Å²) in [7, 11) is -3.62. The summed E-state index contributed by atoms with van der Waals surface area (Å²) in [6, 6.07) is 14.7. The van der Waals surface area contributed by atoms with Crippen LogP contribution in [0, 0.1) is 0 Å². The van der Waals surface area contributed by atoms with E-state index in [1.165, 1.54) is 0 Å². The third kappa shape index (κ3) is 5.63. The Hall–Kier alpha value is -1.89. The Bertz CT molecular complexity index is 743. The molecule has 0 aliphatic rings. The summed E-state index contributed by atoms with van der Waals surface area (Å²) in [6.07, 6.45) is 1.79. The normalized spacial score (nSPS) is 11.4. The smallest absolute Gasteiger partial charge is 0.238 e. The predicted molar refractivity (Wildman–Crippen MR) is 95.5 cm³/mol. The molecule has 130 valence electrons. The lowest BCUT2D eigenvalue weighted by Crippen LogP contribution is -2.17. The number of benzene rings is 2. The molecular formula is C18H24N2O3S. The summed E-state index contributed by atoms with van der Waals surface area (Å²) in [5, 5.41) is 8.48. The Morgan fingerprint density at radius 3 is 2.46 bits per heavy atom. The molecule has 5 nitrogen and oxygen atoms in total. The number of hydrogen-bond acceptors (Lipinski definition) is 4. The summed E-state index contributed by atoms with van der Waals surface area (Å²) in [4.78, 5) is 0.140. The van der Waals surface area contributed by atoms with E-state index in [0.29, 0.717) is 6.61 Å². The molecule has 0 heterocycles. The van der Waals surface area contributed by atoms with Gasteiger partial charge in [0.15, 0.2) is 0 Å². The van der Waals surface area contributed by atoms with Crippen LogP contribution in [0.25, 0.3) is 0 Å². The van der Waals surface area contributed by atoms with Crippen LogP contribution in [0.3, 0.4) is 0 Å². The molecule has 0 aromatic heterocycles. The summed E-state index contributed by atoms with van der Waals surface area (Å²) in [5.41, 5.74) is 2.20. The molecule has 6 heteroatoms. The topological polar surface area (TPSA) is 81.4 Å². The molecule has 24 heavy (non-hydrogen) atoms.